The third kappa shape index (κ3) is 1.01. The average molecular weight is 147 g/mol. The molecule has 1 aromatic carbocycles. The highest BCUT2D eigenvalue weighted by atomic mass is 16.3. The van der Waals surface area contributed by atoms with E-state index in [0.29, 0.717) is 0 Å². The van der Waals surface area contributed by atoms with Gasteiger partial charge in [-0.15, -0.1) is 0 Å². The van der Waals surface area contributed by atoms with Crippen molar-refractivity contribution in [2.45, 2.75) is 6.23 Å². The van der Waals surface area contributed by atoms with Gasteiger partial charge in [0, 0.05) is 5.56 Å². The van der Waals surface area contributed by atoms with Crippen molar-refractivity contribution in [3.05, 3.63) is 41.6 Å². The molecule has 0 bridgehead atoms. The summed E-state index contributed by atoms with van der Waals surface area (Å²) in [5, 5.41) is 12.2. The molecule has 11 heavy (non-hydrogen) atoms. The maximum atomic E-state index is 9.40. The highest BCUT2D eigenvalue weighted by Gasteiger charge is 2.10. The maximum absolute atomic E-state index is 9.40. The fourth-order valence-corrected chi connectivity index (χ4v) is 1.23. The molecule has 0 fully saturated rings. The lowest BCUT2D eigenvalue weighted by atomic mass is 10.0. The zero-order valence-electron chi connectivity index (χ0n) is 5.99. The van der Waals surface area contributed by atoms with E-state index in [1.807, 2.05) is 30.3 Å². The molecule has 1 aromatic rings. The van der Waals surface area contributed by atoms with E-state index in [1.54, 1.807) is 6.20 Å². The second kappa shape index (κ2) is 2.40. The van der Waals surface area contributed by atoms with Gasteiger partial charge in [0.25, 0.3) is 0 Å². The van der Waals surface area contributed by atoms with Crippen LogP contribution in [0.25, 0.3) is 6.08 Å². The Hall–Kier alpha value is -1.28. The van der Waals surface area contributed by atoms with E-state index in [1.165, 1.54) is 0 Å². The molecule has 1 aliphatic rings. The zero-order chi connectivity index (χ0) is 7.68. The van der Waals surface area contributed by atoms with Crippen molar-refractivity contribution < 1.29 is 5.11 Å². The molecular formula is C9H9NO. The minimum atomic E-state index is -0.545. The van der Waals surface area contributed by atoms with E-state index in [0.717, 1.165) is 11.1 Å². The minimum Gasteiger partial charge on any atom is -0.369 e. The summed E-state index contributed by atoms with van der Waals surface area (Å²) in [7, 11) is 0. The standard InChI is InChI=1S/C9H9NO/c11-9-8-4-2-1-3-7(8)5-6-10-9/h1-6,9-11H. The first kappa shape index (κ1) is 6.43. The molecule has 0 amide bonds. The molecule has 2 N–H and O–H groups in total. The molecule has 0 radical (unpaired) electrons. The molecule has 1 atom stereocenters. The molecule has 2 nitrogen and oxygen atoms in total. The van der Waals surface area contributed by atoms with Gasteiger partial charge in [-0.1, -0.05) is 24.3 Å². The number of aliphatic hydroxyl groups is 1. The van der Waals surface area contributed by atoms with Crippen molar-refractivity contribution >= 4 is 6.08 Å². The minimum absolute atomic E-state index is 0.545. The van der Waals surface area contributed by atoms with Crippen molar-refractivity contribution in [2.24, 2.45) is 0 Å². The summed E-state index contributed by atoms with van der Waals surface area (Å²) in [5.74, 6) is 0. The summed E-state index contributed by atoms with van der Waals surface area (Å²) in [6.07, 6.45) is 3.16. The van der Waals surface area contributed by atoms with E-state index >= 15 is 0 Å². The zero-order valence-corrected chi connectivity index (χ0v) is 5.99. The maximum Gasteiger partial charge on any atom is 0.150 e. The molecule has 0 aromatic heterocycles. The molecule has 0 saturated heterocycles. The van der Waals surface area contributed by atoms with Gasteiger partial charge in [-0.2, -0.15) is 0 Å². The first-order valence-corrected chi connectivity index (χ1v) is 3.57. The lowest BCUT2D eigenvalue weighted by Gasteiger charge is -2.17. The summed E-state index contributed by atoms with van der Waals surface area (Å²) in [5.41, 5.74) is 2.02. The number of hydrogen-bond acceptors (Lipinski definition) is 2. The normalized spacial score (nSPS) is 20.6. The van der Waals surface area contributed by atoms with Crippen LogP contribution in [0.5, 0.6) is 0 Å². The summed E-state index contributed by atoms with van der Waals surface area (Å²) < 4.78 is 0. The van der Waals surface area contributed by atoms with E-state index in [-0.39, 0.29) is 0 Å². The third-order valence-corrected chi connectivity index (χ3v) is 1.81. The van der Waals surface area contributed by atoms with Crippen LogP contribution in [0.4, 0.5) is 0 Å². The van der Waals surface area contributed by atoms with Gasteiger partial charge in [0.2, 0.25) is 0 Å². The van der Waals surface area contributed by atoms with Gasteiger partial charge in [0.05, 0.1) is 0 Å². The quantitative estimate of drug-likeness (QED) is 0.579. The highest BCUT2D eigenvalue weighted by molar-refractivity contribution is 5.56. The molecule has 1 aliphatic heterocycles. The van der Waals surface area contributed by atoms with Gasteiger partial charge < -0.3 is 10.4 Å². The van der Waals surface area contributed by atoms with Crippen LogP contribution < -0.4 is 5.32 Å². The Morgan fingerprint density at radius 2 is 2.09 bits per heavy atom. The van der Waals surface area contributed by atoms with Gasteiger partial charge in [-0.25, -0.2) is 0 Å². The Bertz CT molecular complexity index is 293. The van der Waals surface area contributed by atoms with Crippen LogP contribution in [0.2, 0.25) is 0 Å². The molecule has 56 valence electrons. The number of aliphatic hydroxyl groups excluding tert-OH is 1. The molecule has 1 heterocycles. The number of hydrogen-bond donors (Lipinski definition) is 2. The van der Waals surface area contributed by atoms with Crippen LogP contribution in [0, 0.1) is 0 Å². The Morgan fingerprint density at radius 1 is 1.27 bits per heavy atom. The van der Waals surface area contributed by atoms with Crippen molar-refractivity contribution in [3.63, 3.8) is 0 Å². The predicted octanol–water partition coefficient (Wildman–Crippen LogP) is 1.25. The largest absolute Gasteiger partial charge is 0.369 e. The molecule has 0 aliphatic carbocycles. The van der Waals surface area contributed by atoms with Crippen molar-refractivity contribution in [1.29, 1.82) is 0 Å². The van der Waals surface area contributed by atoms with Crippen LogP contribution in [0.15, 0.2) is 30.5 Å². The monoisotopic (exact) mass is 147 g/mol. The molecule has 2 rings (SSSR count). The fourth-order valence-electron chi connectivity index (χ4n) is 1.23. The van der Waals surface area contributed by atoms with E-state index in [4.69, 9.17) is 0 Å². The Balaban J connectivity index is 2.54. The molecule has 1 unspecified atom stereocenters. The van der Waals surface area contributed by atoms with Crippen LogP contribution in [-0.4, -0.2) is 5.11 Å². The van der Waals surface area contributed by atoms with Gasteiger partial charge >= 0.3 is 0 Å². The second-order valence-corrected chi connectivity index (χ2v) is 2.53. The number of fused-ring (bicyclic) bond motifs is 1. The Morgan fingerprint density at radius 3 is 2.91 bits per heavy atom. The fraction of sp³-hybridized carbons (Fsp3) is 0.111. The topological polar surface area (TPSA) is 32.3 Å². The average Bonchev–Trinajstić information content (AvgIpc) is 2.06. The first-order chi connectivity index (χ1) is 5.38. The Kier molecular flexibility index (Phi) is 1.40. The van der Waals surface area contributed by atoms with Gasteiger partial charge in [0.1, 0.15) is 0 Å². The van der Waals surface area contributed by atoms with Gasteiger partial charge in [-0.05, 0) is 17.8 Å². The SMILES string of the molecule is OC1NC=Cc2ccccc21. The van der Waals surface area contributed by atoms with E-state index in [9.17, 15) is 5.11 Å². The first-order valence-electron chi connectivity index (χ1n) is 3.57. The van der Waals surface area contributed by atoms with Crippen LogP contribution >= 0.6 is 0 Å². The predicted molar refractivity (Wildman–Crippen MR) is 43.6 cm³/mol. The molecule has 0 saturated carbocycles. The summed E-state index contributed by atoms with van der Waals surface area (Å²) in [6.45, 7) is 0. The third-order valence-electron chi connectivity index (χ3n) is 1.81. The van der Waals surface area contributed by atoms with Crippen LogP contribution in [0.3, 0.4) is 0 Å². The number of benzene rings is 1. The van der Waals surface area contributed by atoms with Crippen LogP contribution in [0.1, 0.15) is 17.4 Å². The van der Waals surface area contributed by atoms with Crippen molar-refractivity contribution in [3.8, 4) is 0 Å². The lowest BCUT2D eigenvalue weighted by molar-refractivity contribution is 0.154. The van der Waals surface area contributed by atoms with Crippen molar-refractivity contribution in [2.75, 3.05) is 0 Å². The summed E-state index contributed by atoms with van der Waals surface area (Å²) in [4.78, 5) is 0. The molecule has 0 spiro atoms. The number of nitrogens with one attached hydrogen (secondary N) is 1. The lowest BCUT2D eigenvalue weighted by Crippen LogP contribution is -2.18. The van der Waals surface area contributed by atoms with Crippen molar-refractivity contribution in [1.82, 2.24) is 5.32 Å². The second-order valence-electron chi connectivity index (χ2n) is 2.53. The van der Waals surface area contributed by atoms with E-state index in [2.05, 4.69) is 5.32 Å². The summed E-state index contributed by atoms with van der Waals surface area (Å²) >= 11 is 0. The summed E-state index contributed by atoms with van der Waals surface area (Å²) in [6, 6.07) is 7.77. The molecule has 2 heteroatoms. The molecular weight excluding hydrogens is 138 g/mol. The van der Waals surface area contributed by atoms with Gasteiger partial charge in [0.15, 0.2) is 6.23 Å². The highest BCUT2D eigenvalue weighted by Crippen LogP contribution is 2.20. The van der Waals surface area contributed by atoms with Crippen LogP contribution in [-0.2, 0) is 0 Å². The Labute approximate surface area is 65.2 Å². The smallest absolute Gasteiger partial charge is 0.150 e. The van der Waals surface area contributed by atoms with Gasteiger partial charge in [-0.3, -0.25) is 0 Å². The van der Waals surface area contributed by atoms with E-state index < -0.39 is 6.23 Å². The number of rotatable bonds is 0.